The van der Waals surface area contributed by atoms with E-state index in [1.165, 1.54) is 5.01 Å². The molecule has 0 saturated heterocycles. The van der Waals surface area contributed by atoms with Gasteiger partial charge in [0.2, 0.25) is 0 Å². The number of hydrogen-bond donors (Lipinski definition) is 0. The summed E-state index contributed by atoms with van der Waals surface area (Å²) in [4.78, 5) is 23.8. The fourth-order valence-corrected chi connectivity index (χ4v) is 3.27. The van der Waals surface area contributed by atoms with Crippen LogP contribution in [0.3, 0.4) is 0 Å². The fourth-order valence-electron chi connectivity index (χ4n) is 3.15. The van der Waals surface area contributed by atoms with Crippen LogP contribution in [0.25, 0.3) is 0 Å². The Labute approximate surface area is 172 Å². The van der Waals surface area contributed by atoms with Crippen LogP contribution >= 0.6 is 11.6 Å². The Kier molecular flexibility index (Phi) is 5.44. The van der Waals surface area contributed by atoms with Crippen molar-refractivity contribution in [2.45, 2.75) is 12.5 Å². The van der Waals surface area contributed by atoms with Gasteiger partial charge in [0.25, 0.3) is 5.91 Å². The summed E-state index contributed by atoms with van der Waals surface area (Å²) in [5, 5.41) is 6.56. The predicted molar refractivity (Wildman–Crippen MR) is 108 cm³/mol. The molecule has 0 aliphatic carbocycles. The number of hydrogen-bond acceptors (Lipinski definition) is 5. The third kappa shape index (κ3) is 4.22. The van der Waals surface area contributed by atoms with Gasteiger partial charge in [-0.25, -0.2) is 5.01 Å². The van der Waals surface area contributed by atoms with Gasteiger partial charge in [0.15, 0.2) is 6.61 Å². The monoisotopic (exact) mass is 408 g/mol. The standard InChI is InChI=1S/C22H17ClN2O4/c23-17-8-6-16(7-9-17)19-12-20(21-5-2-10-28-21)25(24-19)22(27)14-29-18-4-1-3-15(11-18)13-26/h1-11,13,20H,12,14H2/t20-/m1/s1. The van der Waals surface area contributed by atoms with Gasteiger partial charge in [-0.05, 0) is 42.0 Å². The van der Waals surface area contributed by atoms with Gasteiger partial charge in [0.1, 0.15) is 23.8 Å². The topological polar surface area (TPSA) is 72.1 Å². The van der Waals surface area contributed by atoms with Gasteiger partial charge in [-0.2, -0.15) is 5.10 Å². The summed E-state index contributed by atoms with van der Waals surface area (Å²) >= 11 is 5.97. The lowest BCUT2D eigenvalue weighted by molar-refractivity contribution is -0.135. The van der Waals surface area contributed by atoms with E-state index in [-0.39, 0.29) is 18.6 Å². The average Bonchev–Trinajstić information content (AvgIpc) is 3.42. The molecule has 0 bridgehead atoms. The average molecular weight is 409 g/mol. The van der Waals surface area contributed by atoms with Crippen molar-refractivity contribution < 1.29 is 18.7 Å². The number of benzene rings is 2. The summed E-state index contributed by atoms with van der Waals surface area (Å²) in [5.74, 6) is 0.777. The molecule has 2 aromatic carbocycles. The molecule has 2 heterocycles. The zero-order valence-electron chi connectivity index (χ0n) is 15.3. The lowest BCUT2D eigenvalue weighted by Gasteiger charge is -2.20. The molecular formula is C22H17ClN2O4. The van der Waals surface area contributed by atoms with E-state index in [1.54, 1.807) is 48.7 Å². The van der Waals surface area contributed by atoms with E-state index in [1.807, 2.05) is 18.2 Å². The number of carbonyl (C=O) groups is 2. The van der Waals surface area contributed by atoms with Crippen molar-refractivity contribution in [3.8, 4) is 5.75 Å². The van der Waals surface area contributed by atoms with Crippen LogP contribution in [0.15, 0.2) is 76.4 Å². The van der Waals surface area contributed by atoms with Gasteiger partial charge in [-0.3, -0.25) is 9.59 Å². The van der Waals surface area contributed by atoms with Crippen molar-refractivity contribution in [3.05, 3.63) is 88.8 Å². The Morgan fingerprint density at radius 2 is 2.03 bits per heavy atom. The first-order valence-corrected chi connectivity index (χ1v) is 9.39. The first-order valence-electron chi connectivity index (χ1n) is 9.01. The second-order valence-corrected chi connectivity index (χ2v) is 6.94. The molecule has 1 aliphatic rings. The summed E-state index contributed by atoms with van der Waals surface area (Å²) in [6.45, 7) is -0.211. The molecular weight excluding hydrogens is 392 g/mol. The largest absolute Gasteiger partial charge is 0.484 e. The van der Waals surface area contributed by atoms with E-state index >= 15 is 0 Å². The Morgan fingerprint density at radius 1 is 1.21 bits per heavy atom. The molecule has 7 heteroatoms. The summed E-state index contributed by atoms with van der Waals surface area (Å²) < 4.78 is 11.1. The smallest absolute Gasteiger partial charge is 0.281 e. The minimum atomic E-state index is -0.354. The van der Waals surface area contributed by atoms with Gasteiger partial charge < -0.3 is 9.15 Å². The number of rotatable bonds is 6. The van der Waals surface area contributed by atoms with Crippen molar-refractivity contribution >= 4 is 29.5 Å². The van der Waals surface area contributed by atoms with Gasteiger partial charge in [-0.15, -0.1) is 0 Å². The van der Waals surface area contributed by atoms with Crippen LogP contribution in [-0.4, -0.2) is 29.5 Å². The van der Waals surface area contributed by atoms with Gasteiger partial charge in [-0.1, -0.05) is 35.9 Å². The maximum absolute atomic E-state index is 12.9. The molecule has 3 aromatic rings. The first-order chi connectivity index (χ1) is 14.1. The molecule has 29 heavy (non-hydrogen) atoms. The van der Waals surface area contributed by atoms with E-state index < -0.39 is 0 Å². The Balaban J connectivity index is 1.54. The predicted octanol–water partition coefficient (Wildman–Crippen LogP) is 4.50. The molecule has 1 atom stereocenters. The highest BCUT2D eigenvalue weighted by Gasteiger charge is 2.35. The number of halogens is 1. The SMILES string of the molecule is O=Cc1cccc(OCC(=O)N2N=C(c3ccc(Cl)cc3)C[C@@H]2c2ccco2)c1. The van der Waals surface area contributed by atoms with Crippen LogP contribution in [-0.2, 0) is 4.79 Å². The number of amides is 1. The third-order valence-electron chi connectivity index (χ3n) is 4.57. The molecule has 146 valence electrons. The highest BCUT2D eigenvalue weighted by atomic mass is 35.5. The number of carbonyl (C=O) groups excluding carboxylic acids is 2. The van der Waals surface area contributed by atoms with Crippen LogP contribution in [0.2, 0.25) is 5.02 Å². The lowest BCUT2D eigenvalue weighted by Crippen LogP contribution is -2.31. The minimum absolute atomic E-state index is 0.211. The Bertz CT molecular complexity index is 1040. The summed E-state index contributed by atoms with van der Waals surface area (Å²) in [5.41, 5.74) is 2.13. The second-order valence-electron chi connectivity index (χ2n) is 6.51. The molecule has 0 fully saturated rings. The van der Waals surface area contributed by atoms with E-state index in [0.717, 1.165) is 17.6 Å². The van der Waals surface area contributed by atoms with E-state index in [2.05, 4.69) is 5.10 Å². The molecule has 1 aliphatic heterocycles. The van der Waals surface area contributed by atoms with E-state index in [4.69, 9.17) is 20.8 Å². The van der Waals surface area contributed by atoms with Gasteiger partial charge in [0, 0.05) is 17.0 Å². The maximum Gasteiger partial charge on any atom is 0.281 e. The van der Waals surface area contributed by atoms with Crippen LogP contribution < -0.4 is 4.74 Å². The van der Waals surface area contributed by atoms with Crippen molar-refractivity contribution in [3.63, 3.8) is 0 Å². The molecule has 1 aromatic heterocycles. The van der Waals surface area contributed by atoms with Crippen molar-refractivity contribution in [1.29, 1.82) is 0 Å². The van der Waals surface area contributed by atoms with Crippen molar-refractivity contribution in [2.24, 2.45) is 5.10 Å². The van der Waals surface area contributed by atoms with Crippen LogP contribution in [0.4, 0.5) is 0 Å². The minimum Gasteiger partial charge on any atom is -0.484 e. The molecule has 1 amide bonds. The highest BCUT2D eigenvalue weighted by Crippen LogP contribution is 2.33. The van der Waals surface area contributed by atoms with Gasteiger partial charge >= 0.3 is 0 Å². The Hall–Kier alpha value is -3.38. The number of aldehydes is 1. The Morgan fingerprint density at radius 3 is 2.76 bits per heavy atom. The molecule has 0 N–H and O–H groups in total. The van der Waals surface area contributed by atoms with Crippen LogP contribution in [0.1, 0.15) is 34.1 Å². The summed E-state index contributed by atoms with van der Waals surface area (Å²) in [7, 11) is 0. The third-order valence-corrected chi connectivity index (χ3v) is 4.82. The van der Waals surface area contributed by atoms with Crippen molar-refractivity contribution in [2.75, 3.05) is 6.61 Å². The summed E-state index contributed by atoms with van der Waals surface area (Å²) in [6.07, 6.45) is 2.81. The number of furan rings is 1. The highest BCUT2D eigenvalue weighted by molar-refractivity contribution is 6.30. The van der Waals surface area contributed by atoms with E-state index in [0.29, 0.717) is 28.5 Å². The van der Waals surface area contributed by atoms with E-state index in [9.17, 15) is 9.59 Å². The molecule has 0 saturated carbocycles. The summed E-state index contributed by atoms with van der Waals surface area (Å²) in [6, 6.07) is 17.2. The molecule has 6 nitrogen and oxygen atoms in total. The van der Waals surface area contributed by atoms with Crippen LogP contribution in [0, 0.1) is 0 Å². The van der Waals surface area contributed by atoms with Crippen molar-refractivity contribution in [1.82, 2.24) is 5.01 Å². The maximum atomic E-state index is 12.9. The molecule has 0 radical (unpaired) electrons. The molecule has 0 spiro atoms. The fraction of sp³-hybridized carbons (Fsp3) is 0.136. The molecule has 4 rings (SSSR count). The molecule has 0 unspecified atom stereocenters. The lowest BCUT2D eigenvalue weighted by atomic mass is 10.0. The zero-order valence-corrected chi connectivity index (χ0v) is 16.1. The first kappa shape index (κ1) is 19.0. The normalized spacial score (nSPS) is 15.8. The quantitative estimate of drug-likeness (QED) is 0.563. The van der Waals surface area contributed by atoms with Gasteiger partial charge in [0.05, 0.1) is 12.0 Å². The number of nitrogens with zero attached hydrogens (tertiary/aromatic N) is 2. The number of ether oxygens (including phenoxy) is 1. The number of hydrazone groups is 1. The second kappa shape index (κ2) is 8.32. The van der Waals surface area contributed by atoms with Crippen LogP contribution in [0.5, 0.6) is 5.75 Å². The zero-order chi connectivity index (χ0) is 20.2.